The first-order valence-electron chi connectivity index (χ1n) is 14.4. The van der Waals surface area contributed by atoms with Crippen molar-refractivity contribution < 1.29 is 13.9 Å². The third-order valence-electron chi connectivity index (χ3n) is 7.31. The van der Waals surface area contributed by atoms with Crippen molar-refractivity contribution in [1.82, 2.24) is 15.6 Å². The maximum absolute atomic E-state index is 9.82. The van der Waals surface area contributed by atoms with Crippen LogP contribution in [0.25, 0.3) is 22.2 Å². The molecule has 9 heteroatoms. The van der Waals surface area contributed by atoms with Crippen molar-refractivity contribution in [1.29, 1.82) is 5.26 Å². The first-order valence-corrected chi connectivity index (χ1v) is 14.8. The third-order valence-corrected chi connectivity index (χ3v) is 7.61. The fourth-order valence-electron chi connectivity index (χ4n) is 5.11. The zero-order chi connectivity index (χ0) is 29.4. The van der Waals surface area contributed by atoms with E-state index in [0.717, 1.165) is 72.8 Å². The number of benzene rings is 3. The minimum atomic E-state index is 0.430. The molecule has 218 valence electrons. The van der Waals surface area contributed by atoms with Crippen LogP contribution in [0.1, 0.15) is 24.2 Å². The predicted octanol–water partition coefficient (Wildman–Crippen LogP) is 7.41. The second-order valence-corrected chi connectivity index (χ2v) is 10.8. The van der Waals surface area contributed by atoms with Gasteiger partial charge in [-0.05, 0) is 74.0 Å². The average molecular weight is 594 g/mol. The minimum Gasteiger partial charge on any atom is -0.460 e. The maximum atomic E-state index is 9.82. The van der Waals surface area contributed by atoms with Crippen molar-refractivity contribution >= 4 is 33.9 Å². The van der Waals surface area contributed by atoms with Crippen LogP contribution in [-0.2, 0) is 11.3 Å². The molecule has 0 aliphatic carbocycles. The molecule has 43 heavy (non-hydrogen) atoms. The van der Waals surface area contributed by atoms with Crippen LogP contribution in [0.5, 0.6) is 11.5 Å². The summed E-state index contributed by atoms with van der Waals surface area (Å²) in [5, 5.41) is 21.4. The smallest absolute Gasteiger partial charge is 0.146 e. The largest absolute Gasteiger partial charge is 0.460 e. The summed E-state index contributed by atoms with van der Waals surface area (Å²) >= 11 is 6.54. The highest BCUT2D eigenvalue weighted by Gasteiger charge is 2.14. The summed E-state index contributed by atoms with van der Waals surface area (Å²) in [6.07, 6.45) is 3.74. The Morgan fingerprint density at radius 3 is 2.79 bits per heavy atom. The Bertz CT molecular complexity index is 1730. The molecule has 6 rings (SSSR count). The Morgan fingerprint density at radius 2 is 1.98 bits per heavy atom. The number of nitrogens with one attached hydrogen (secondary N) is 3. The number of anilines is 2. The lowest BCUT2D eigenvalue weighted by atomic mass is 10.1. The van der Waals surface area contributed by atoms with Gasteiger partial charge in [0, 0.05) is 35.4 Å². The van der Waals surface area contributed by atoms with Gasteiger partial charge in [-0.1, -0.05) is 35.9 Å². The van der Waals surface area contributed by atoms with Crippen molar-refractivity contribution in [3.8, 4) is 28.9 Å². The second-order valence-electron chi connectivity index (χ2n) is 10.4. The van der Waals surface area contributed by atoms with Gasteiger partial charge in [0.15, 0.2) is 0 Å². The van der Waals surface area contributed by atoms with Crippen LogP contribution in [0, 0.1) is 11.3 Å². The Kier molecular flexibility index (Phi) is 9.16. The highest BCUT2D eigenvalue weighted by atomic mass is 35.5. The number of nitriles is 1. The number of pyridine rings is 1. The zero-order valence-corrected chi connectivity index (χ0v) is 24.4. The molecule has 1 atom stereocenters. The van der Waals surface area contributed by atoms with Gasteiger partial charge in [0.05, 0.1) is 41.5 Å². The molecule has 0 radical (unpaired) electrons. The molecule has 1 fully saturated rings. The number of nitrogens with zero attached hydrogens (tertiary/aromatic N) is 2. The first kappa shape index (κ1) is 28.7. The maximum Gasteiger partial charge on any atom is 0.146 e. The van der Waals surface area contributed by atoms with E-state index in [0.29, 0.717) is 40.4 Å². The van der Waals surface area contributed by atoms with Crippen LogP contribution in [0.15, 0.2) is 89.5 Å². The molecule has 2 aromatic heterocycles. The van der Waals surface area contributed by atoms with Gasteiger partial charge in [-0.25, -0.2) is 0 Å². The van der Waals surface area contributed by atoms with Crippen molar-refractivity contribution in [2.45, 2.75) is 25.4 Å². The number of rotatable bonds is 11. The lowest BCUT2D eigenvalue weighted by molar-refractivity contribution is 0.0736. The van der Waals surface area contributed by atoms with Crippen LogP contribution in [0.4, 0.5) is 11.4 Å². The topological polar surface area (TPSA) is 104 Å². The molecule has 3 aromatic carbocycles. The first-order chi connectivity index (χ1) is 21.2. The Hall–Kier alpha value is -4.39. The number of morpholine rings is 1. The zero-order valence-electron chi connectivity index (χ0n) is 23.6. The molecule has 3 N–H and O–H groups in total. The lowest BCUT2D eigenvalue weighted by Gasteiger charge is -2.23. The number of aromatic nitrogens is 1. The number of fused-ring (bicyclic) bond motifs is 1. The molecule has 1 saturated heterocycles. The van der Waals surface area contributed by atoms with Gasteiger partial charge in [0.1, 0.15) is 29.1 Å². The van der Waals surface area contributed by atoms with E-state index in [1.165, 1.54) is 0 Å². The van der Waals surface area contributed by atoms with Crippen LogP contribution >= 0.6 is 11.6 Å². The normalized spacial score (nSPS) is 14.8. The predicted molar refractivity (Wildman–Crippen MR) is 169 cm³/mol. The molecular formula is C34H32ClN5O3. The molecule has 0 spiro atoms. The van der Waals surface area contributed by atoms with Crippen molar-refractivity contribution in [3.05, 3.63) is 101 Å². The molecule has 1 aliphatic rings. The van der Waals surface area contributed by atoms with E-state index in [-0.39, 0.29) is 0 Å². The number of para-hydroxylation sites is 1. The van der Waals surface area contributed by atoms with E-state index < -0.39 is 0 Å². The molecule has 8 nitrogen and oxygen atoms in total. The summed E-state index contributed by atoms with van der Waals surface area (Å²) in [5.74, 6) is 2.89. The fourth-order valence-corrected chi connectivity index (χ4v) is 5.32. The molecule has 0 saturated carbocycles. The van der Waals surface area contributed by atoms with E-state index in [1.54, 1.807) is 18.3 Å². The van der Waals surface area contributed by atoms with Crippen LogP contribution < -0.4 is 20.7 Å². The highest BCUT2D eigenvalue weighted by molar-refractivity contribution is 6.32. The van der Waals surface area contributed by atoms with E-state index in [9.17, 15) is 5.26 Å². The minimum absolute atomic E-state index is 0.430. The Balaban J connectivity index is 1.13. The molecule has 0 bridgehead atoms. The third kappa shape index (κ3) is 7.16. The average Bonchev–Trinajstić information content (AvgIpc) is 3.52. The van der Waals surface area contributed by atoms with Crippen molar-refractivity contribution in [2.24, 2.45) is 0 Å². The van der Waals surface area contributed by atoms with E-state index in [1.807, 2.05) is 66.7 Å². The van der Waals surface area contributed by atoms with Crippen LogP contribution in [-0.4, -0.2) is 37.3 Å². The van der Waals surface area contributed by atoms with Gasteiger partial charge in [-0.3, -0.25) is 4.98 Å². The molecular weight excluding hydrogens is 562 g/mol. The molecule has 1 unspecified atom stereocenters. The Labute approximate surface area is 255 Å². The van der Waals surface area contributed by atoms with Crippen LogP contribution in [0.2, 0.25) is 5.02 Å². The standard InChI is InChI=1S/C34H32ClN5O3/c35-30-18-25(9-12-33(30)42-27-6-2-1-3-7-27)40-34-24(19-36)20-39-31-17-23(8-11-29(31)34)32-13-10-28(43-32)21-37-14-4-5-26-22-41-16-15-38-26/h1-3,6-13,17-18,20,26,37-38H,4-5,14-16,21-22H2,(H,39,40). The quantitative estimate of drug-likeness (QED) is 0.136. The number of ether oxygens (including phenoxy) is 2. The van der Waals surface area contributed by atoms with Gasteiger partial charge in [-0.15, -0.1) is 0 Å². The second kappa shape index (κ2) is 13.7. The molecule has 1 aliphatic heterocycles. The number of hydrogen-bond acceptors (Lipinski definition) is 8. The van der Waals surface area contributed by atoms with Gasteiger partial charge in [0.25, 0.3) is 0 Å². The van der Waals surface area contributed by atoms with Crippen LogP contribution in [0.3, 0.4) is 0 Å². The Morgan fingerprint density at radius 1 is 1.07 bits per heavy atom. The summed E-state index contributed by atoms with van der Waals surface area (Å²) in [5.41, 5.74) is 3.47. The molecule has 5 aromatic rings. The summed E-state index contributed by atoms with van der Waals surface area (Å²) in [6.45, 7) is 4.11. The fraction of sp³-hybridized carbons (Fsp3) is 0.235. The van der Waals surface area contributed by atoms with Gasteiger partial charge in [0.2, 0.25) is 0 Å². The summed E-state index contributed by atoms with van der Waals surface area (Å²) < 4.78 is 17.6. The van der Waals surface area contributed by atoms with Gasteiger partial charge in [-0.2, -0.15) is 5.26 Å². The summed E-state index contributed by atoms with van der Waals surface area (Å²) in [4.78, 5) is 4.56. The summed E-state index contributed by atoms with van der Waals surface area (Å²) in [6, 6.07) is 27.5. The van der Waals surface area contributed by atoms with E-state index in [2.05, 4.69) is 27.0 Å². The molecule has 3 heterocycles. The molecule has 0 amide bonds. The van der Waals surface area contributed by atoms with E-state index in [4.69, 9.17) is 25.5 Å². The monoisotopic (exact) mass is 593 g/mol. The van der Waals surface area contributed by atoms with Gasteiger partial charge >= 0.3 is 0 Å². The lowest BCUT2D eigenvalue weighted by Crippen LogP contribution is -2.41. The number of halogens is 1. The highest BCUT2D eigenvalue weighted by Crippen LogP contribution is 2.36. The van der Waals surface area contributed by atoms with Crippen molar-refractivity contribution in [3.63, 3.8) is 0 Å². The number of hydrogen-bond donors (Lipinski definition) is 3. The van der Waals surface area contributed by atoms with E-state index >= 15 is 0 Å². The van der Waals surface area contributed by atoms with Gasteiger partial charge < -0.3 is 29.8 Å². The SMILES string of the molecule is N#Cc1cnc2cc(-c3ccc(CNCCCC4COCCN4)o3)ccc2c1Nc1ccc(Oc2ccccc2)c(Cl)c1. The van der Waals surface area contributed by atoms with Crippen molar-refractivity contribution in [2.75, 3.05) is 31.6 Å². The number of furan rings is 1. The summed E-state index contributed by atoms with van der Waals surface area (Å²) in [7, 11) is 0.